The van der Waals surface area contributed by atoms with Gasteiger partial charge in [0.2, 0.25) is 5.91 Å². The van der Waals surface area contributed by atoms with Gasteiger partial charge in [0, 0.05) is 6.20 Å². The summed E-state index contributed by atoms with van der Waals surface area (Å²) in [5, 5.41) is 3.45. The van der Waals surface area contributed by atoms with Crippen molar-refractivity contribution in [1.29, 1.82) is 0 Å². The number of amides is 1. The monoisotopic (exact) mass is 316 g/mol. The van der Waals surface area contributed by atoms with E-state index in [1.54, 1.807) is 30.5 Å². The van der Waals surface area contributed by atoms with Crippen LogP contribution >= 0.6 is 11.8 Å². The van der Waals surface area contributed by atoms with E-state index in [0.29, 0.717) is 5.56 Å². The topological polar surface area (TPSA) is 68.3 Å². The van der Waals surface area contributed by atoms with Gasteiger partial charge in [-0.3, -0.25) is 4.79 Å². The smallest absolute Gasteiger partial charge is 0.333 e. The summed E-state index contributed by atoms with van der Waals surface area (Å²) in [4.78, 5) is 28.0. The lowest BCUT2D eigenvalue weighted by molar-refractivity contribution is -0.145. The summed E-state index contributed by atoms with van der Waals surface area (Å²) >= 11 is 1.31. The summed E-state index contributed by atoms with van der Waals surface area (Å²) in [5.41, 5.74) is 0.686. The van der Waals surface area contributed by atoms with Crippen molar-refractivity contribution in [3.63, 3.8) is 0 Å². The Kier molecular flexibility index (Phi) is 5.97. The minimum atomic E-state index is -0.803. The summed E-state index contributed by atoms with van der Waals surface area (Å²) in [6.45, 7) is 0. The Bertz CT molecular complexity index is 620. The fourth-order valence-corrected chi connectivity index (χ4v) is 2.49. The molecule has 2 rings (SSSR count). The number of nitrogens with zero attached hydrogens (tertiary/aromatic N) is 1. The van der Waals surface area contributed by atoms with Crippen molar-refractivity contribution >= 4 is 23.6 Å². The first-order chi connectivity index (χ1) is 10.7. The van der Waals surface area contributed by atoms with Crippen molar-refractivity contribution in [3.8, 4) is 0 Å². The number of ether oxygens (including phenoxy) is 1. The molecule has 0 radical (unpaired) electrons. The van der Waals surface area contributed by atoms with Crippen molar-refractivity contribution in [2.24, 2.45) is 0 Å². The molecule has 0 bridgehead atoms. The van der Waals surface area contributed by atoms with E-state index in [9.17, 15) is 9.59 Å². The van der Waals surface area contributed by atoms with Crippen LogP contribution in [-0.2, 0) is 14.3 Å². The molecular weight excluding hydrogens is 300 g/mol. The predicted octanol–water partition coefficient (Wildman–Crippen LogP) is 2.20. The summed E-state index contributed by atoms with van der Waals surface area (Å²) in [5.74, 6) is -0.575. The molecule has 0 aliphatic rings. The number of rotatable bonds is 6. The Morgan fingerprint density at radius 1 is 1.18 bits per heavy atom. The van der Waals surface area contributed by atoms with E-state index >= 15 is 0 Å². The lowest BCUT2D eigenvalue weighted by Gasteiger charge is -2.16. The highest BCUT2D eigenvalue weighted by Gasteiger charge is 2.23. The molecule has 0 fully saturated rings. The number of hydrogen-bond donors (Lipinski definition) is 1. The fourth-order valence-electron chi connectivity index (χ4n) is 1.82. The number of esters is 1. The van der Waals surface area contributed by atoms with E-state index in [4.69, 9.17) is 4.74 Å². The molecule has 0 unspecified atom stereocenters. The minimum Gasteiger partial charge on any atom is -0.467 e. The number of aromatic nitrogens is 1. The van der Waals surface area contributed by atoms with E-state index in [1.165, 1.54) is 18.9 Å². The number of benzene rings is 1. The Hall–Kier alpha value is -2.34. The standard InChI is InChI=1S/C16H16N2O3S/c1-21-16(20)15(12-7-3-2-4-8-12)18-13(19)11-22-14-9-5-6-10-17-14/h2-10,15H,11H2,1H3,(H,18,19)/t15-/m0/s1. The predicted molar refractivity (Wildman–Crippen MR) is 84.3 cm³/mol. The largest absolute Gasteiger partial charge is 0.467 e. The molecule has 1 amide bonds. The number of hydrogen-bond acceptors (Lipinski definition) is 5. The lowest BCUT2D eigenvalue weighted by atomic mass is 10.1. The quantitative estimate of drug-likeness (QED) is 0.653. The normalized spacial score (nSPS) is 11.5. The minimum absolute atomic E-state index is 0.178. The highest BCUT2D eigenvalue weighted by molar-refractivity contribution is 7.99. The van der Waals surface area contributed by atoms with Gasteiger partial charge in [0.05, 0.1) is 17.9 Å². The molecule has 1 atom stereocenters. The third-order valence-electron chi connectivity index (χ3n) is 2.86. The fraction of sp³-hybridized carbons (Fsp3) is 0.188. The van der Waals surface area contributed by atoms with Gasteiger partial charge in [0.25, 0.3) is 0 Å². The maximum atomic E-state index is 12.1. The number of nitrogens with one attached hydrogen (secondary N) is 1. The Labute approximate surface area is 133 Å². The van der Waals surface area contributed by atoms with Gasteiger partial charge in [-0.15, -0.1) is 0 Å². The molecule has 2 aromatic rings. The molecule has 0 saturated heterocycles. The summed E-state index contributed by atoms with van der Waals surface area (Å²) < 4.78 is 4.76. The Morgan fingerprint density at radius 2 is 1.91 bits per heavy atom. The second-order valence-electron chi connectivity index (χ2n) is 4.39. The van der Waals surface area contributed by atoms with E-state index in [-0.39, 0.29) is 11.7 Å². The SMILES string of the molecule is COC(=O)[C@@H](NC(=O)CSc1ccccn1)c1ccccc1. The number of methoxy groups -OCH3 is 1. The van der Waals surface area contributed by atoms with Crippen LogP contribution in [-0.4, -0.2) is 29.7 Å². The third-order valence-corrected chi connectivity index (χ3v) is 3.81. The van der Waals surface area contributed by atoms with Crippen LogP contribution in [0, 0.1) is 0 Å². The molecule has 1 aromatic heterocycles. The molecular formula is C16H16N2O3S. The van der Waals surface area contributed by atoms with Gasteiger partial charge in [0.15, 0.2) is 6.04 Å². The number of carbonyl (C=O) groups excluding carboxylic acids is 2. The average Bonchev–Trinajstić information content (AvgIpc) is 2.59. The molecule has 22 heavy (non-hydrogen) atoms. The average molecular weight is 316 g/mol. The number of pyridine rings is 1. The molecule has 0 spiro atoms. The lowest BCUT2D eigenvalue weighted by Crippen LogP contribution is -2.35. The van der Waals surface area contributed by atoms with E-state index in [0.717, 1.165) is 5.03 Å². The summed E-state index contributed by atoms with van der Waals surface area (Å²) in [7, 11) is 1.30. The second kappa shape index (κ2) is 8.19. The van der Waals surface area contributed by atoms with Crippen LogP contribution in [0.15, 0.2) is 59.8 Å². The Balaban J connectivity index is 1.98. The summed E-state index contributed by atoms with van der Waals surface area (Å²) in [6.07, 6.45) is 1.67. The van der Waals surface area contributed by atoms with Crippen molar-refractivity contribution < 1.29 is 14.3 Å². The molecule has 1 N–H and O–H groups in total. The third kappa shape index (κ3) is 4.60. The van der Waals surface area contributed by atoms with Crippen LogP contribution in [0.25, 0.3) is 0 Å². The molecule has 5 nitrogen and oxygen atoms in total. The zero-order chi connectivity index (χ0) is 15.8. The molecule has 114 valence electrons. The molecule has 0 aliphatic heterocycles. The van der Waals surface area contributed by atoms with E-state index in [1.807, 2.05) is 24.3 Å². The van der Waals surface area contributed by atoms with Crippen molar-refractivity contribution in [2.75, 3.05) is 12.9 Å². The number of thioether (sulfide) groups is 1. The summed E-state index contributed by atoms with van der Waals surface area (Å²) in [6, 6.07) is 13.7. The van der Waals surface area contributed by atoms with Crippen LogP contribution in [0.3, 0.4) is 0 Å². The van der Waals surface area contributed by atoms with Crippen LogP contribution in [0.1, 0.15) is 11.6 Å². The highest BCUT2D eigenvalue weighted by Crippen LogP contribution is 2.17. The zero-order valence-electron chi connectivity index (χ0n) is 12.1. The molecule has 1 aromatic carbocycles. The van der Waals surface area contributed by atoms with Crippen LogP contribution in [0.5, 0.6) is 0 Å². The van der Waals surface area contributed by atoms with Crippen molar-refractivity contribution in [3.05, 3.63) is 60.3 Å². The zero-order valence-corrected chi connectivity index (χ0v) is 12.9. The van der Waals surface area contributed by atoms with Crippen LogP contribution < -0.4 is 5.32 Å². The first kappa shape index (κ1) is 16.0. The molecule has 0 aliphatic carbocycles. The van der Waals surface area contributed by atoms with Gasteiger partial charge in [-0.1, -0.05) is 48.2 Å². The Morgan fingerprint density at radius 3 is 2.55 bits per heavy atom. The molecule has 1 heterocycles. The van der Waals surface area contributed by atoms with Gasteiger partial charge in [0.1, 0.15) is 0 Å². The first-order valence-corrected chi connectivity index (χ1v) is 7.65. The second-order valence-corrected chi connectivity index (χ2v) is 5.39. The maximum Gasteiger partial charge on any atom is 0.333 e. The van der Waals surface area contributed by atoms with E-state index < -0.39 is 12.0 Å². The molecule has 6 heteroatoms. The number of carbonyl (C=O) groups is 2. The van der Waals surface area contributed by atoms with E-state index in [2.05, 4.69) is 10.3 Å². The van der Waals surface area contributed by atoms with Crippen molar-refractivity contribution in [1.82, 2.24) is 10.3 Å². The first-order valence-electron chi connectivity index (χ1n) is 6.66. The van der Waals surface area contributed by atoms with Gasteiger partial charge >= 0.3 is 5.97 Å². The van der Waals surface area contributed by atoms with Crippen LogP contribution in [0.2, 0.25) is 0 Å². The van der Waals surface area contributed by atoms with Gasteiger partial charge in [-0.2, -0.15) is 0 Å². The van der Waals surface area contributed by atoms with Crippen LogP contribution in [0.4, 0.5) is 0 Å². The van der Waals surface area contributed by atoms with Gasteiger partial charge in [-0.05, 0) is 17.7 Å². The van der Waals surface area contributed by atoms with Gasteiger partial charge < -0.3 is 10.1 Å². The highest BCUT2D eigenvalue weighted by atomic mass is 32.2. The molecule has 0 saturated carbocycles. The van der Waals surface area contributed by atoms with Crippen molar-refractivity contribution in [2.45, 2.75) is 11.1 Å². The maximum absolute atomic E-state index is 12.1. The van der Waals surface area contributed by atoms with Gasteiger partial charge in [-0.25, -0.2) is 9.78 Å².